The first kappa shape index (κ1) is 20.2. The average Bonchev–Trinajstić information content (AvgIpc) is 2.20. The molecule has 0 spiro atoms. The molecule has 0 saturated heterocycles. The quantitative estimate of drug-likeness (QED) is 0.330. The van der Waals surface area contributed by atoms with E-state index in [1.165, 1.54) is 0 Å². The molecule has 0 aromatic carbocycles. The molecule has 98 valence electrons. The van der Waals surface area contributed by atoms with Crippen LogP contribution in [0.2, 0.25) is 0 Å². The summed E-state index contributed by atoms with van der Waals surface area (Å²) in [4.78, 5) is 0. The average molecular weight is 272 g/mol. The molecule has 5 heteroatoms. The Morgan fingerprint density at radius 3 is 1.71 bits per heavy atom. The van der Waals surface area contributed by atoms with E-state index in [0.717, 1.165) is 44.9 Å². The van der Waals surface area contributed by atoms with Crippen molar-refractivity contribution in [3.63, 3.8) is 0 Å². The van der Waals surface area contributed by atoms with Gasteiger partial charge in [0, 0.05) is 5.25 Å². The molecule has 0 amide bonds. The fraction of sp³-hybridized carbons (Fsp3) is 1.00. The van der Waals surface area contributed by atoms with E-state index in [2.05, 4.69) is 13.8 Å². The predicted octanol–water partition coefficient (Wildman–Crippen LogP) is 0.455. The maximum atomic E-state index is 11.0. The van der Waals surface area contributed by atoms with Crippen molar-refractivity contribution in [3.05, 3.63) is 0 Å². The summed E-state index contributed by atoms with van der Waals surface area (Å²) in [6.45, 7) is 4.19. The Morgan fingerprint density at radius 2 is 1.29 bits per heavy atom. The van der Waals surface area contributed by atoms with E-state index >= 15 is 0 Å². The van der Waals surface area contributed by atoms with E-state index in [-0.39, 0.29) is 29.6 Å². The molecule has 17 heavy (non-hydrogen) atoms. The first-order chi connectivity index (χ1) is 7.52. The number of rotatable bonds is 10. The Morgan fingerprint density at radius 1 is 0.882 bits per heavy atom. The molecule has 0 N–H and O–H groups in total. The molecule has 0 aromatic heterocycles. The minimum Gasteiger partial charge on any atom is -0.748 e. The van der Waals surface area contributed by atoms with Gasteiger partial charge in [-0.1, -0.05) is 58.8 Å². The van der Waals surface area contributed by atoms with Crippen molar-refractivity contribution in [2.75, 3.05) is 0 Å². The van der Waals surface area contributed by atoms with Crippen LogP contribution < -0.4 is 29.6 Å². The van der Waals surface area contributed by atoms with Gasteiger partial charge in [-0.15, -0.1) is 0 Å². The van der Waals surface area contributed by atoms with Crippen LogP contribution in [-0.2, 0) is 10.1 Å². The molecule has 0 aromatic rings. The standard InChI is InChI=1S/C12H26O3S.Na/c1-3-5-7-9-11-12(16(13,14)15)10-8-6-4-2;/h12H,3-11H2,1-2H3,(H,13,14,15);/q;+1/p-1. The maximum Gasteiger partial charge on any atom is 1.00 e. The Balaban J connectivity index is 0. The summed E-state index contributed by atoms with van der Waals surface area (Å²) in [5, 5.41) is -0.643. The number of hydrogen-bond donors (Lipinski definition) is 0. The van der Waals surface area contributed by atoms with Crippen molar-refractivity contribution in [1.82, 2.24) is 0 Å². The third-order valence-corrected chi connectivity index (χ3v) is 4.21. The van der Waals surface area contributed by atoms with E-state index in [4.69, 9.17) is 0 Å². The summed E-state index contributed by atoms with van der Waals surface area (Å²) in [5.41, 5.74) is 0. The molecule has 1 unspecified atom stereocenters. The van der Waals surface area contributed by atoms with Crippen molar-refractivity contribution < 1.29 is 42.5 Å². The zero-order valence-electron chi connectivity index (χ0n) is 11.6. The van der Waals surface area contributed by atoms with Crippen molar-refractivity contribution in [1.29, 1.82) is 0 Å². The number of hydrogen-bond acceptors (Lipinski definition) is 3. The van der Waals surface area contributed by atoms with Crippen LogP contribution in [0.1, 0.15) is 71.6 Å². The van der Waals surface area contributed by atoms with Gasteiger partial charge in [0.15, 0.2) is 0 Å². The van der Waals surface area contributed by atoms with Gasteiger partial charge in [-0.25, -0.2) is 8.42 Å². The van der Waals surface area contributed by atoms with Crippen LogP contribution in [-0.4, -0.2) is 18.2 Å². The van der Waals surface area contributed by atoms with Gasteiger partial charge < -0.3 is 4.55 Å². The van der Waals surface area contributed by atoms with Gasteiger partial charge in [-0.05, 0) is 12.8 Å². The topological polar surface area (TPSA) is 57.2 Å². The van der Waals surface area contributed by atoms with E-state index in [0.29, 0.717) is 12.8 Å². The fourth-order valence-electron chi connectivity index (χ4n) is 1.85. The van der Waals surface area contributed by atoms with Gasteiger partial charge in [0.1, 0.15) is 0 Å². The Kier molecular flexibility index (Phi) is 14.2. The molecular formula is C12H25NaO3S. The Hall–Kier alpha value is 0.910. The second-order valence-corrected chi connectivity index (χ2v) is 6.11. The van der Waals surface area contributed by atoms with Crippen molar-refractivity contribution in [2.24, 2.45) is 0 Å². The number of unbranched alkanes of at least 4 members (excludes halogenated alkanes) is 5. The summed E-state index contributed by atoms with van der Waals surface area (Å²) < 4.78 is 33.1. The molecular weight excluding hydrogens is 247 g/mol. The second kappa shape index (κ2) is 12.0. The molecule has 0 saturated carbocycles. The molecule has 0 aliphatic carbocycles. The van der Waals surface area contributed by atoms with Crippen LogP contribution >= 0.6 is 0 Å². The van der Waals surface area contributed by atoms with Crippen LogP contribution in [0.3, 0.4) is 0 Å². The fourth-order valence-corrected chi connectivity index (χ4v) is 2.76. The first-order valence-corrected chi connectivity index (χ1v) is 7.94. The zero-order valence-corrected chi connectivity index (χ0v) is 14.4. The van der Waals surface area contributed by atoms with Crippen molar-refractivity contribution >= 4 is 10.1 Å². The SMILES string of the molecule is CCCCCCC(CCCCC)S(=O)(=O)[O-].[Na+]. The minimum atomic E-state index is -4.08. The van der Waals surface area contributed by atoms with E-state index < -0.39 is 15.4 Å². The van der Waals surface area contributed by atoms with Gasteiger partial charge in [0.2, 0.25) is 0 Å². The zero-order chi connectivity index (χ0) is 12.4. The molecule has 0 fully saturated rings. The van der Waals surface area contributed by atoms with E-state index in [1.807, 2.05) is 0 Å². The Bertz CT molecular complexity index is 252. The molecule has 1 atom stereocenters. The van der Waals surface area contributed by atoms with Gasteiger partial charge in [0.25, 0.3) is 0 Å². The predicted molar refractivity (Wildman–Crippen MR) is 66.4 cm³/mol. The first-order valence-electron chi connectivity index (χ1n) is 6.47. The molecule has 0 rings (SSSR count). The maximum absolute atomic E-state index is 11.0. The van der Waals surface area contributed by atoms with Crippen LogP contribution in [0, 0.1) is 0 Å². The summed E-state index contributed by atoms with van der Waals surface area (Å²) in [7, 11) is -4.08. The van der Waals surface area contributed by atoms with Gasteiger partial charge in [-0.2, -0.15) is 0 Å². The van der Waals surface area contributed by atoms with Crippen LogP contribution in [0.5, 0.6) is 0 Å². The largest absolute Gasteiger partial charge is 1.00 e. The van der Waals surface area contributed by atoms with E-state index in [9.17, 15) is 13.0 Å². The molecule has 0 heterocycles. The van der Waals surface area contributed by atoms with Crippen molar-refractivity contribution in [3.8, 4) is 0 Å². The molecule has 0 aliphatic heterocycles. The molecule has 0 radical (unpaired) electrons. The summed E-state index contributed by atoms with van der Waals surface area (Å²) in [5.74, 6) is 0. The van der Waals surface area contributed by atoms with Crippen LogP contribution in [0.4, 0.5) is 0 Å². The summed E-state index contributed by atoms with van der Waals surface area (Å²) in [6.07, 6.45) is 8.19. The third kappa shape index (κ3) is 11.7. The summed E-state index contributed by atoms with van der Waals surface area (Å²) >= 11 is 0. The Labute approximate surface area is 129 Å². The second-order valence-electron chi connectivity index (χ2n) is 4.46. The van der Waals surface area contributed by atoms with Gasteiger partial charge in [-0.3, -0.25) is 0 Å². The van der Waals surface area contributed by atoms with Crippen LogP contribution in [0.25, 0.3) is 0 Å². The molecule has 0 bridgehead atoms. The van der Waals surface area contributed by atoms with Crippen LogP contribution in [0.15, 0.2) is 0 Å². The third-order valence-electron chi connectivity index (χ3n) is 2.92. The molecule has 0 aliphatic rings. The van der Waals surface area contributed by atoms with Crippen molar-refractivity contribution in [2.45, 2.75) is 76.9 Å². The normalized spacial score (nSPS) is 13.1. The molecule has 3 nitrogen and oxygen atoms in total. The van der Waals surface area contributed by atoms with E-state index in [1.54, 1.807) is 0 Å². The van der Waals surface area contributed by atoms with Gasteiger partial charge >= 0.3 is 29.6 Å². The minimum absolute atomic E-state index is 0. The monoisotopic (exact) mass is 272 g/mol. The smallest absolute Gasteiger partial charge is 0.748 e. The van der Waals surface area contributed by atoms with Gasteiger partial charge in [0.05, 0.1) is 10.1 Å². The summed E-state index contributed by atoms with van der Waals surface area (Å²) in [6, 6.07) is 0.